The number of halogens is 7. The molecule has 1 N–H and O–H groups in total. The largest absolute Gasteiger partial charge is 0.508 e. The first kappa shape index (κ1) is 38.7. The number of ether oxygens (including phenoxy) is 1. The summed E-state index contributed by atoms with van der Waals surface area (Å²) in [6.07, 6.45) is -3.77. The molecule has 6 atom stereocenters. The standard InChI is InChI=1S/C40H29Cl3F4N4O6/c1-49(33-28(41)15-16-30(48-33)40(45,46)47)51-34(53)26-14-13-24-27(31(26)35(51)54)18-38(42)36(55)50(22-9-7-21(44)8-10-22)37(56)39(38,43)32(24)25-12-11-23(17-29(25)52)57-19-20-5-3-2-4-6-20/h2-13,15-17,26-27,31-32,52H,14,18-19H2,1H3/t26-,27+,31-,32+,38+,39-/m0/s1. The zero-order valence-corrected chi connectivity index (χ0v) is 31.8. The van der Waals surface area contributed by atoms with Crippen molar-refractivity contribution in [3.8, 4) is 11.5 Å². The Balaban J connectivity index is 1.22. The van der Waals surface area contributed by atoms with Crippen LogP contribution in [0.15, 0.2) is 96.6 Å². The number of imide groups is 2. The van der Waals surface area contributed by atoms with Gasteiger partial charge in [-0.3, -0.25) is 24.2 Å². The van der Waals surface area contributed by atoms with Gasteiger partial charge in [-0.1, -0.05) is 59.6 Å². The van der Waals surface area contributed by atoms with Crippen molar-refractivity contribution in [3.63, 3.8) is 0 Å². The van der Waals surface area contributed by atoms with Gasteiger partial charge >= 0.3 is 6.18 Å². The van der Waals surface area contributed by atoms with E-state index in [-0.39, 0.29) is 40.8 Å². The van der Waals surface area contributed by atoms with Crippen molar-refractivity contribution in [2.24, 2.45) is 17.8 Å². The number of alkyl halides is 5. The first-order chi connectivity index (χ1) is 27.0. The van der Waals surface area contributed by atoms with Crippen LogP contribution < -0.4 is 14.6 Å². The van der Waals surface area contributed by atoms with Gasteiger partial charge in [0.15, 0.2) is 15.6 Å². The van der Waals surface area contributed by atoms with Gasteiger partial charge in [0.1, 0.15) is 29.6 Å². The number of aromatic hydroxyl groups is 1. The number of anilines is 2. The van der Waals surface area contributed by atoms with E-state index in [1.807, 2.05) is 30.3 Å². The predicted octanol–water partition coefficient (Wildman–Crippen LogP) is 7.79. The van der Waals surface area contributed by atoms with E-state index in [1.54, 1.807) is 6.08 Å². The van der Waals surface area contributed by atoms with Crippen molar-refractivity contribution in [3.05, 3.63) is 124 Å². The molecule has 4 aliphatic rings. The number of pyridine rings is 1. The van der Waals surface area contributed by atoms with Crippen molar-refractivity contribution in [1.82, 2.24) is 9.99 Å². The molecule has 294 valence electrons. The van der Waals surface area contributed by atoms with E-state index in [0.717, 1.165) is 33.7 Å². The third-order valence-corrected chi connectivity index (χ3v) is 12.9. The number of hydrazine groups is 1. The van der Waals surface area contributed by atoms with Crippen LogP contribution in [0.4, 0.5) is 29.1 Å². The Kier molecular flexibility index (Phi) is 9.32. The van der Waals surface area contributed by atoms with E-state index in [1.165, 1.54) is 37.4 Å². The summed E-state index contributed by atoms with van der Waals surface area (Å²) in [5.41, 5.74) is -0.0997. The molecule has 0 unspecified atom stereocenters. The van der Waals surface area contributed by atoms with Gasteiger partial charge in [0.05, 0.1) is 22.5 Å². The Bertz CT molecular complexity index is 2380. The molecule has 3 aromatic carbocycles. The fourth-order valence-electron chi connectivity index (χ4n) is 8.53. The lowest BCUT2D eigenvalue weighted by molar-refractivity contribution is -0.141. The van der Waals surface area contributed by atoms with Crippen LogP contribution in [-0.2, 0) is 32.0 Å². The number of fused-ring (bicyclic) bond motifs is 4. The van der Waals surface area contributed by atoms with Gasteiger partial charge in [-0.05, 0) is 66.8 Å². The number of allylic oxidation sites excluding steroid dienone is 2. The SMILES string of the molecule is CN(c1nc(C(F)(F)F)ccc1Cl)N1C(=O)[C@H]2[C@H](CC=C3[C@H]2C[C@@]2(Cl)C(=O)N(c4ccc(F)cc4)C(=O)[C@@]2(Cl)[C@H]3c2ccc(OCc3ccccc3)cc2O)C1=O. The second kappa shape index (κ2) is 13.7. The number of phenolic OH excluding ortho intramolecular Hbond substituents is 1. The van der Waals surface area contributed by atoms with Crippen LogP contribution in [0, 0.1) is 23.6 Å². The average molecular weight is 844 g/mol. The maximum Gasteiger partial charge on any atom is 0.433 e. The van der Waals surface area contributed by atoms with Gasteiger partial charge in [-0.15, -0.1) is 23.2 Å². The lowest BCUT2D eigenvalue weighted by Gasteiger charge is -2.50. The zero-order chi connectivity index (χ0) is 40.8. The molecule has 4 amide bonds. The molecule has 0 radical (unpaired) electrons. The second-order valence-electron chi connectivity index (χ2n) is 14.3. The van der Waals surface area contributed by atoms with Crippen LogP contribution in [0.5, 0.6) is 11.5 Å². The molecule has 3 fully saturated rings. The van der Waals surface area contributed by atoms with Gasteiger partial charge in [0.2, 0.25) is 0 Å². The first-order valence-corrected chi connectivity index (χ1v) is 18.7. The topological polar surface area (TPSA) is 120 Å². The first-order valence-electron chi connectivity index (χ1n) is 17.5. The Morgan fingerprint density at radius 1 is 0.930 bits per heavy atom. The number of phenols is 1. The number of hydrogen-bond donors (Lipinski definition) is 1. The highest BCUT2D eigenvalue weighted by Crippen LogP contribution is 2.66. The van der Waals surface area contributed by atoms with E-state index in [4.69, 9.17) is 39.5 Å². The summed E-state index contributed by atoms with van der Waals surface area (Å²) in [4.78, 5) is 57.4. The van der Waals surface area contributed by atoms with E-state index in [0.29, 0.717) is 16.6 Å². The number of hydrogen-bond acceptors (Lipinski definition) is 8. The summed E-state index contributed by atoms with van der Waals surface area (Å²) in [6, 6.07) is 19.7. The zero-order valence-electron chi connectivity index (χ0n) is 29.5. The van der Waals surface area contributed by atoms with Crippen LogP contribution in [-0.4, -0.2) is 55.5 Å². The summed E-state index contributed by atoms with van der Waals surface area (Å²) in [5, 5.41) is 12.9. The molecule has 2 aliphatic carbocycles. The molecule has 10 nitrogen and oxygen atoms in total. The fraction of sp³-hybridized carbons (Fsp3) is 0.275. The van der Waals surface area contributed by atoms with Crippen molar-refractivity contribution >= 4 is 69.9 Å². The van der Waals surface area contributed by atoms with E-state index in [2.05, 4.69) is 4.98 Å². The van der Waals surface area contributed by atoms with Gasteiger partial charge in [0, 0.05) is 24.6 Å². The highest BCUT2D eigenvalue weighted by Gasteiger charge is 2.77. The molecule has 0 bridgehead atoms. The van der Waals surface area contributed by atoms with Gasteiger partial charge in [-0.25, -0.2) is 14.3 Å². The Labute approximate surface area is 337 Å². The average Bonchev–Trinajstić information content (AvgIpc) is 3.52. The van der Waals surface area contributed by atoms with E-state index < -0.39 is 87.0 Å². The number of carbonyl (C=O) groups excluding carboxylic acids is 4. The Morgan fingerprint density at radius 2 is 1.63 bits per heavy atom. The van der Waals surface area contributed by atoms with Gasteiger partial charge in [0.25, 0.3) is 23.6 Å². The monoisotopic (exact) mass is 842 g/mol. The van der Waals surface area contributed by atoms with Crippen molar-refractivity contribution in [1.29, 1.82) is 0 Å². The lowest BCUT2D eigenvalue weighted by atomic mass is 9.56. The molecule has 4 aromatic rings. The van der Waals surface area contributed by atoms with Crippen LogP contribution in [0.1, 0.15) is 35.6 Å². The van der Waals surface area contributed by atoms with Crippen molar-refractivity contribution in [2.45, 2.75) is 41.3 Å². The molecular weight excluding hydrogens is 815 g/mol. The summed E-state index contributed by atoms with van der Waals surface area (Å²) >= 11 is 21.1. The quantitative estimate of drug-likeness (QED) is 0.0867. The molecule has 57 heavy (non-hydrogen) atoms. The number of nitrogens with zero attached hydrogens (tertiary/aromatic N) is 4. The van der Waals surface area contributed by atoms with Crippen LogP contribution >= 0.6 is 34.8 Å². The number of amides is 4. The van der Waals surface area contributed by atoms with Crippen LogP contribution in [0.3, 0.4) is 0 Å². The number of benzene rings is 3. The number of rotatable bonds is 7. The molecule has 2 aliphatic heterocycles. The Hall–Kier alpha value is -5.18. The molecule has 0 spiro atoms. The normalized spacial score (nSPS) is 26.9. The molecule has 3 heterocycles. The number of carbonyl (C=O) groups is 4. The molecule has 1 saturated carbocycles. The summed E-state index contributed by atoms with van der Waals surface area (Å²) < 4.78 is 60.8. The lowest BCUT2D eigenvalue weighted by Crippen LogP contribution is -2.60. The summed E-state index contributed by atoms with van der Waals surface area (Å²) in [7, 11) is 1.17. The highest BCUT2D eigenvalue weighted by atomic mass is 35.5. The molecule has 2 saturated heterocycles. The smallest absolute Gasteiger partial charge is 0.433 e. The maximum absolute atomic E-state index is 14.7. The highest BCUT2D eigenvalue weighted by molar-refractivity contribution is 6.58. The molecule has 17 heteroatoms. The molecular formula is C40H29Cl3F4N4O6. The summed E-state index contributed by atoms with van der Waals surface area (Å²) in [6.45, 7) is 0.158. The van der Waals surface area contributed by atoms with E-state index in [9.17, 15) is 41.8 Å². The second-order valence-corrected chi connectivity index (χ2v) is 15.9. The van der Waals surface area contributed by atoms with Crippen molar-refractivity contribution < 1.29 is 46.6 Å². The third-order valence-electron chi connectivity index (χ3n) is 11.2. The minimum atomic E-state index is -4.86. The minimum Gasteiger partial charge on any atom is -0.508 e. The van der Waals surface area contributed by atoms with E-state index >= 15 is 0 Å². The van der Waals surface area contributed by atoms with Gasteiger partial charge in [-0.2, -0.15) is 18.2 Å². The molecule has 8 rings (SSSR count). The molecule has 1 aromatic heterocycles. The third kappa shape index (κ3) is 5.94. The van der Waals surface area contributed by atoms with Crippen molar-refractivity contribution in [2.75, 3.05) is 17.0 Å². The fourth-order valence-corrected chi connectivity index (χ4v) is 9.69. The summed E-state index contributed by atoms with van der Waals surface area (Å²) in [5.74, 6) is -9.61. The van der Waals surface area contributed by atoms with Crippen LogP contribution in [0.2, 0.25) is 5.02 Å². The predicted molar refractivity (Wildman–Crippen MR) is 200 cm³/mol. The minimum absolute atomic E-state index is 0.0336. The number of aromatic nitrogens is 1. The van der Waals surface area contributed by atoms with Crippen LogP contribution in [0.25, 0.3) is 0 Å². The Morgan fingerprint density at radius 3 is 2.30 bits per heavy atom. The maximum atomic E-state index is 14.7. The van der Waals surface area contributed by atoms with Gasteiger partial charge < -0.3 is 9.84 Å².